The Labute approximate surface area is 126 Å². The Bertz CT molecular complexity index is 282. The summed E-state index contributed by atoms with van der Waals surface area (Å²) in [6.45, 7) is 1.66. The van der Waals surface area contributed by atoms with Crippen LogP contribution in [0.25, 0.3) is 0 Å². The number of esters is 1. The van der Waals surface area contributed by atoms with Gasteiger partial charge in [0.2, 0.25) is 0 Å². The van der Waals surface area contributed by atoms with Gasteiger partial charge in [0.25, 0.3) is 10.1 Å². The van der Waals surface area contributed by atoms with Crippen molar-refractivity contribution in [2.75, 3.05) is 12.4 Å². The summed E-state index contributed by atoms with van der Waals surface area (Å²) in [5.41, 5.74) is 0. The third-order valence-electron chi connectivity index (χ3n) is 1.09. The predicted octanol–water partition coefficient (Wildman–Crippen LogP) is -0.265. The Morgan fingerprint density at radius 1 is 1.50 bits per heavy atom. The van der Waals surface area contributed by atoms with Crippen LogP contribution in [0.5, 0.6) is 0 Å². The third-order valence-corrected chi connectivity index (χ3v) is 1.90. The van der Waals surface area contributed by atoms with E-state index in [1.54, 1.807) is 6.92 Å². The first-order valence-corrected chi connectivity index (χ1v) is 5.31. The molecule has 78 valence electrons. The summed E-state index contributed by atoms with van der Waals surface area (Å²) in [4.78, 5) is 10.6. The zero-order valence-electron chi connectivity index (χ0n) is 7.26. The summed E-state index contributed by atoms with van der Waals surface area (Å²) >= 11 is 0. The standard InChI is InChI=1S/C7H12O5S.K.H/c1-2-4-7(8)12-5-3-6-13(9,10)11;;/h2,4H,3,5-6H2,1H3,(H,9,10,11);;. The molecule has 0 radical (unpaired) electrons. The van der Waals surface area contributed by atoms with Gasteiger partial charge in [-0.15, -0.1) is 0 Å². The fourth-order valence-electron chi connectivity index (χ4n) is 0.598. The minimum absolute atomic E-state index is 0. The van der Waals surface area contributed by atoms with Gasteiger partial charge in [0.1, 0.15) is 0 Å². The first kappa shape index (κ1) is 17.2. The fourth-order valence-corrected chi connectivity index (χ4v) is 1.08. The van der Waals surface area contributed by atoms with E-state index in [0.29, 0.717) is 0 Å². The van der Waals surface area contributed by atoms with Gasteiger partial charge < -0.3 is 4.74 Å². The van der Waals surface area contributed by atoms with E-state index >= 15 is 0 Å². The molecule has 1 N–H and O–H groups in total. The maximum atomic E-state index is 10.6. The van der Waals surface area contributed by atoms with Crippen molar-refractivity contribution in [1.82, 2.24) is 0 Å². The van der Waals surface area contributed by atoms with Gasteiger partial charge in [-0.3, -0.25) is 4.55 Å². The van der Waals surface area contributed by atoms with E-state index < -0.39 is 21.8 Å². The Morgan fingerprint density at radius 3 is 2.50 bits per heavy atom. The molecule has 0 aromatic heterocycles. The molecule has 0 fully saturated rings. The molecule has 0 aliphatic heterocycles. The van der Waals surface area contributed by atoms with E-state index in [0.717, 1.165) is 0 Å². The van der Waals surface area contributed by atoms with Gasteiger partial charge >= 0.3 is 57.4 Å². The zero-order valence-corrected chi connectivity index (χ0v) is 8.08. The summed E-state index contributed by atoms with van der Waals surface area (Å²) in [5.74, 6) is -0.909. The van der Waals surface area contributed by atoms with Gasteiger partial charge in [-0.1, -0.05) is 6.08 Å². The Morgan fingerprint density at radius 2 is 2.07 bits per heavy atom. The van der Waals surface area contributed by atoms with E-state index in [9.17, 15) is 13.2 Å². The van der Waals surface area contributed by atoms with Crippen molar-refractivity contribution < 1.29 is 22.5 Å². The molecular weight excluding hydrogens is 235 g/mol. The van der Waals surface area contributed by atoms with Gasteiger partial charge in [0, 0.05) is 6.08 Å². The van der Waals surface area contributed by atoms with Crippen LogP contribution in [0.2, 0.25) is 0 Å². The van der Waals surface area contributed by atoms with Crippen LogP contribution >= 0.6 is 0 Å². The molecule has 14 heavy (non-hydrogen) atoms. The molecule has 0 heterocycles. The van der Waals surface area contributed by atoms with Crippen molar-refractivity contribution in [1.29, 1.82) is 0 Å². The van der Waals surface area contributed by atoms with Crippen LogP contribution in [-0.2, 0) is 19.6 Å². The molecule has 5 nitrogen and oxygen atoms in total. The number of carbonyl (C=O) groups is 1. The number of hydrogen-bond donors (Lipinski definition) is 1. The molecule has 0 saturated carbocycles. The first-order valence-electron chi connectivity index (χ1n) is 3.70. The number of allylic oxidation sites excluding steroid dienone is 1. The second-order valence-electron chi connectivity index (χ2n) is 2.31. The van der Waals surface area contributed by atoms with Crippen molar-refractivity contribution >= 4 is 67.5 Å². The van der Waals surface area contributed by atoms with Crippen molar-refractivity contribution in [3.8, 4) is 0 Å². The van der Waals surface area contributed by atoms with Gasteiger partial charge in [-0.05, 0) is 13.3 Å². The average Bonchev–Trinajstić information content (AvgIpc) is 1.97. The van der Waals surface area contributed by atoms with E-state index in [1.807, 2.05) is 0 Å². The van der Waals surface area contributed by atoms with Gasteiger partial charge in [0.15, 0.2) is 0 Å². The molecule has 0 spiro atoms. The van der Waals surface area contributed by atoms with E-state index in [1.165, 1.54) is 12.2 Å². The zero-order chi connectivity index (χ0) is 10.3. The minimum atomic E-state index is -3.94. The molecule has 0 unspecified atom stereocenters. The Balaban J connectivity index is 0. The predicted molar refractivity (Wildman–Crippen MR) is 54.0 cm³/mol. The molecule has 0 rings (SSSR count). The van der Waals surface area contributed by atoms with Crippen molar-refractivity contribution in [3.63, 3.8) is 0 Å². The number of hydrogen-bond acceptors (Lipinski definition) is 4. The molecule has 0 atom stereocenters. The van der Waals surface area contributed by atoms with Crippen molar-refractivity contribution in [3.05, 3.63) is 12.2 Å². The summed E-state index contributed by atoms with van der Waals surface area (Å²) in [6, 6.07) is 0. The molecule has 0 amide bonds. The molecular formula is C7H13KO5S. The normalized spacial score (nSPS) is 11.0. The number of rotatable bonds is 5. The van der Waals surface area contributed by atoms with Crippen LogP contribution in [0.3, 0.4) is 0 Å². The van der Waals surface area contributed by atoms with Crippen LogP contribution in [0, 0.1) is 0 Å². The second-order valence-corrected chi connectivity index (χ2v) is 3.88. The Hall–Kier alpha value is 0.756. The summed E-state index contributed by atoms with van der Waals surface area (Å²) < 4.78 is 33.3. The van der Waals surface area contributed by atoms with E-state index in [2.05, 4.69) is 4.74 Å². The van der Waals surface area contributed by atoms with Crippen LogP contribution in [0.15, 0.2) is 12.2 Å². The molecule has 0 saturated heterocycles. The first-order chi connectivity index (χ1) is 5.95. The monoisotopic (exact) mass is 248 g/mol. The second kappa shape index (κ2) is 9.02. The maximum absolute atomic E-state index is 10.6. The van der Waals surface area contributed by atoms with Crippen LogP contribution in [-0.4, -0.2) is 82.7 Å². The molecule has 7 heteroatoms. The summed E-state index contributed by atoms with van der Waals surface area (Å²) in [6.07, 6.45) is 2.85. The molecule has 0 aromatic rings. The SMILES string of the molecule is CC=CC(=O)OCCCS(=O)(=O)O.[KH]. The van der Waals surface area contributed by atoms with Gasteiger partial charge in [-0.2, -0.15) is 8.42 Å². The van der Waals surface area contributed by atoms with Gasteiger partial charge in [0.05, 0.1) is 12.4 Å². The molecule has 0 bridgehead atoms. The quantitative estimate of drug-likeness (QED) is 0.238. The topological polar surface area (TPSA) is 80.7 Å². The average molecular weight is 248 g/mol. The van der Waals surface area contributed by atoms with Crippen molar-refractivity contribution in [2.24, 2.45) is 0 Å². The third kappa shape index (κ3) is 12.8. The summed E-state index contributed by atoms with van der Waals surface area (Å²) in [7, 11) is -3.94. The molecule has 0 aliphatic rings. The van der Waals surface area contributed by atoms with Crippen molar-refractivity contribution in [2.45, 2.75) is 13.3 Å². The Kier molecular flexibility index (Phi) is 11.1. The van der Waals surface area contributed by atoms with Gasteiger partial charge in [-0.25, -0.2) is 4.79 Å². The number of carbonyl (C=O) groups excluding carboxylic acids is 1. The van der Waals surface area contributed by atoms with Crippen LogP contribution in [0.1, 0.15) is 13.3 Å². The van der Waals surface area contributed by atoms with E-state index in [-0.39, 0.29) is 64.4 Å². The fraction of sp³-hybridized carbons (Fsp3) is 0.571. The van der Waals surface area contributed by atoms with Crippen LogP contribution in [0.4, 0.5) is 0 Å². The molecule has 0 aromatic carbocycles. The summed E-state index contributed by atoms with van der Waals surface area (Å²) in [5, 5.41) is 0. The molecule has 0 aliphatic carbocycles. The van der Waals surface area contributed by atoms with E-state index in [4.69, 9.17) is 4.55 Å². The number of ether oxygens (including phenoxy) is 1. The van der Waals surface area contributed by atoms with Crippen LogP contribution < -0.4 is 0 Å².